The molecule has 214 valence electrons. The summed E-state index contributed by atoms with van der Waals surface area (Å²) in [5.41, 5.74) is 4.22. The molecule has 2 fully saturated rings. The molecule has 4 heterocycles. The number of nitrogens with zero attached hydrogens (tertiary/aromatic N) is 2. The minimum absolute atomic E-state index is 0.0895. The van der Waals surface area contributed by atoms with Crippen molar-refractivity contribution in [3.8, 4) is 0 Å². The third kappa shape index (κ3) is 7.11. The van der Waals surface area contributed by atoms with E-state index in [9.17, 15) is 22.0 Å². The number of aromatic nitrogens is 1. The average molecular weight is 551 g/mol. The Morgan fingerprint density at radius 2 is 1.67 bits per heavy atom. The van der Waals surface area contributed by atoms with Gasteiger partial charge in [0.05, 0.1) is 6.54 Å². The van der Waals surface area contributed by atoms with E-state index in [4.69, 9.17) is 0 Å². The molecule has 9 heteroatoms. The number of anilines is 1. The van der Waals surface area contributed by atoms with Crippen LogP contribution in [0.2, 0.25) is 0 Å². The van der Waals surface area contributed by atoms with Gasteiger partial charge in [0.25, 0.3) is 0 Å². The lowest BCUT2D eigenvalue weighted by molar-refractivity contribution is -0.152. The summed E-state index contributed by atoms with van der Waals surface area (Å²) < 4.78 is 64.1. The van der Waals surface area contributed by atoms with Crippen LogP contribution in [0.5, 0.6) is 0 Å². The van der Waals surface area contributed by atoms with Gasteiger partial charge in [0.1, 0.15) is 11.6 Å². The number of hydrogen-bond donors (Lipinski definition) is 2. The zero-order valence-corrected chi connectivity index (χ0v) is 23.0. The molecule has 2 N–H and O–H groups in total. The Kier molecular flexibility index (Phi) is 9.21. The van der Waals surface area contributed by atoms with E-state index in [0.717, 1.165) is 61.7 Å². The number of aromatic amines is 1. The van der Waals surface area contributed by atoms with Crippen molar-refractivity contribution < 1.29 is 22.0 Å². The molecule has 3 aliphatic heterocycles. The minimum Gasteiger partial charge on any atom is -0.371 e. The quantitative estimate of drug-likeness (QED) is 0.336. The lowest BCUT2D eigenvalue weighted by atomic mass is 9.75. The summed E-state index contributed by atoms with van der Waals surface area (Å²) in [6.07, 6.45) is -0.0561. The number of fused-ring (bicyclic) bond motifs is 3. The highest BCUT2D eigenvalue weighted by molar-refractivity contribution is 5.84. The summed E-state index contributed by atoms with van der Waals surface area (Å²) in [5.74, 6) is -0.983. The Hall–Kier alpha value is -2.65. The SMILES string of the molecule is CC.CC1Cc2c([nH]c3ccccc23)CN1CC(F)(F)F.Fc1cc(F)cc(N2CCCC3(CC2)CNC3)c1. The first-order valence-electron chi connectivity index (χ1n) is 13.9. The second-order valence-corrected chi connectivity index (χ2v) is 10.8. The van der Waals surface area contributed by atoms with Crippen LogP contribution in [0, 0.1) is 17.0 Å². The normalized spacial score (nSPS) is 20.7. The number of nitrogens with one attached hydrogen (secondary N) is 2. The summed E-state index contributed by atoms with van der Waals surface area (Å²) in [6.45, 7) is 9.33. The highest BCUT2D eigenvalue weighted by atomic mass is 19.4. The molecule has 3 aliphatic rings. The molecule has 0 bridgehead atoms. The van der Waals surface area contributed by atoms with E-state index in [1.807, 2.05) is 45.0 Å². The molecule has 1 atom stereocenters. The number of halogens is 5. The molecule has 1 aromatic heterocycles. The first kappa shape index (κ1) is 29.3. The smallest absolute Gasteiger partial charge is 0.371 e. The molecule has 39 heavy (non-hydrogen) atoms. The molecule has 6 rings (SSSR count). The van der Waals surface area contributed by atoms with E-state index in [1.54, 1.807) is 0 Å². The van der Waals surface area contributed by atoms with Gasteiger partial charge in [-0.15, -0.1) is 0 Å². The molecule has 2 saturated heterocycles. The molecule has 0 amide bonds. The maximum atomic E-state index is 13.2. The standard InChI is InChI=1S/C14H15F3N2.C14H18F2N2.C2H6/c1-9-6-11-10-4-2-3-5-12(10)18-13(11)7-19(9)8-14(15,16)17;15-11-6-12(16)8-13(7-11)18-4-1-2-14(3-5-18)9-17-10-14;1-2/h2-5,9,18H,6-8H2,1H3;6-8,17H,1-5,9-10H2;1-2H3. The fourth-order valence-electron chi connectivity index (χ4n) is 5.92. The molecule has 0 radical (unpaired) electrons. The molecular weight excluding hydrogens is 511 g/mol. The second kappa shape index (κ2) is 12.3. The van der Waals surface area contributed by atoms with Gasteiger partial charge in [0.2, 0.25) is 0 Å². The number of benzene rings is 2. The van der Waals surface area contributed by atoms with Gasteiger partial charge >= 0.3 is 6.18 Å². The Balaban J connectivity index is 0.000000170. The van der Waals surface area contributed by atoms with Crippen molar-refractivity contribution in [3.63, 3.8) is 0 Å². The number of H-pyrrole nitrogens is 1. The Bertz CT molecular complexity index is 1210. The van der Waals surface area contributed by atoms with Crippen LogP contribution >= 0.6 is 0 Å². The number of hydrogen-bond acceptors (Lipinski definition) is 3. The average Bonchev–Trinajstić information content (AvgIpc) is 3.05. The first-order valence-corrected chi connectivity index (χ1v) is 13.9. The third-order valence-electron chi connectivity index (χ3n) is 8.03. The Morgan fingerprint density at radius 1 is 0.974 bits per heavy atom. The second-order valence-electron chi connectivity index (χ2n) is 10.8. The minimum atomic E-state index is -4.14. The Labute approximate surface area is 227 Å². The predicted octanol–water partition coefficient (Wildman–Crippen LogP) is 7.05. The van der Waals surface area contributed by atoms with Gasteiger partial charge in [0.15, 0.2) is 0 Å². The van der Waals surface area contributed by atoms with Crippen molar-refractivity contribution in [1.29, 1.82) is 0 Å². The van der Waals surface area contributed by atoms with Crippen molar-refractivity contribution in [3.05, 3.63) is 65.4 Å². The fraction of sp³-hybridized carbons (Fsp3) is 0.533. The van der Waals surface area contributed by atoms with Gasteiger partial charge in [-0.1, -0.05) is 32.0 Å². The van der Waals surface area contributed by atoms with Crippen LogP contribution in [0.25, 0.3) is 10.9 Å². The van der Waals surface area contributed by atoms with Crippen molar-refractivity contribution in [2.45, 2.75) is 65.2 Å². The van der Waals surface area contributed by atoms with Crippen molar-refractivity contribution in [1.82, 2.24) is 15.2 Å². The van der Waals surface area contributed by atoms with Crippen LogP contribution in [0.3, 0.4) is 0 Å². The van der Waals surface area contributed by atoms with Gasteiger partial charge in [-0.3, -0.25) is 4.90 Å². The van der Waals surface area contributed by atoms with Crippen molar-refractivity contribution >= 4 is 16.6 Å². The zero-order valence-electron chi connectivity index (χ0n) is 23.0. The molecule has 2 aromatic carbocycles. The molecular formula is C30H39F5N4. The predicted molar refractivity (Wildman–Crippen MR) is 147 cm³/mol. The van der Waals surface area contributed by atoms with E-state index < -0.39 is 24.4 Å². The number of alkyl halides is 3. The highest BCUT2D eigenvalue weighted by Gasteiger charge is 2.38. The van der Waals surface area contributed by atoms with Gasteiger partial charge in [-0.05, 0) is 61.8 Å². The lowest BCUT2D eigenvalue weighted by Gasteiger charge is -2.42. The zero-order chi connectivity index (χ0) is 28.2. The van der Waals surface area contributed by atoms with Crippen LogP contribution in [0.4, 0.5) is 27.6 Å². The maximum Gasteiger partial charge on any atom is 0.401 e. The van der Waals surface area contributed by atoms with Crippen molar-refractivity contribution in [2.75, 3.05) is 37.6 Å². The van der Waals surface area contributed by atoms with Crippen LogP contribution in [0.15, 0.2) is 42.5 Å². The molecule has 4 nitrogen and oxygen atoms in total. The van der Waals surface area contributed by atoms with Crippen LogP contribution in [0.1, 0.15) is 51.3 Å². The van der Waals surface area contributed by atoms with Crippen LogP contribution in [-0.4, -0.2) is 54.8 Å². The number of para-hydroxylation sites is 1. The molecule has 0 saturated carbocycles. The maximum absolute atomic E-state index is 13.2. The highest BCUT2D eigenvalue weighted by Crippen LogP contribution is 2.36. The summed E-state index contributed by atoms with van der Waals surface area (Å²) in [4.78, 5) is 6.84. The summed E-state index contributed by atoms with van der Waals surface area (Å²) in [5, 5.41) is 4.47. The first-order chi connectivity index (χ1) is 18.6. The van der Waals surface area contributed by atoms with Crippen LogP contribution in [-0.2, 0) is 13.0 Å². The monoisotopic (exact) mass is 550 g/mol. The van der Waals surface area contributed by atoms with E-state index in [2.05, 4.69) is 15.2 Å². The topological polar surface area (TPSA) is 34.3 Å². The van der Waals surface area contributed by atoms with Crippen molar-refractivity contribution in [2.24, 2.45) is 5.41 Å². The van der Waals surface area contributed by atoms with Gasteiger partial charge in [-0.2, -0.15) is 13.2 Å². The third-order valence-corrected chi connectivity index (χ3v) is 8.03. The molecule has 1 unspecified atom stereocenters. The van der Waals surface area contributed by atoms with E-state index in [-0.39, 0.29) is 6.04 Å². The van der Waals surface area contributed by atoms with Gasteiger partial charge < -0.3 is 15.2 Å². The van der Waals surface area contributed by atoms with E-state index in [1.165, 1.54) is 29.0 Å². The van der Waals surface area contributed by atoms with Gasteiger partial charge in [-0.25, -0.2) is 8.78 Å². The summed E-state index contributed by atoms with van der Waals surface area (Å²) in [6, 6.07) is 11.6. The van der Waals surface area contributed by atoms with E-state index >= 15 is 0 Å². The van der Waals surface area contributed by atoms with Gasteiger partial charge in [0, 0.05) is 67.1 Å². The molecule has 1 spiro atoms. The van der Waals surface area contributed by atoms with E-state index in [0.29, 0.717) is 24.1 Å². The summed E-state index contributed by atoms with van der Waals surface area (Å²) in [7, 11) is 0. The summed E-state index contributed by atoms with van der Waals surface area (Å²) >= 11 is 0. The largest absolute Gasteiger partial charge is 0.401 e. The van der Waals surface area contributed by atoms with Crippen LogP contribution < -0.4 is 10.2 Å². The lowest BCUT2D eigenvalue weighted by Crippen LogP contribution is -2.53. The fourth-order valence-corrected chi connectivity index (χ4v) is 5.92. The number of rotatable bonds is 2. The molecule has 3 aromatic rings. The Morgan fingerprint density at radius 3 is 2.31 bits per heavy atom. The molecule has 0 aliphatic carbocycles.